The molecular weight excluding hydrogens is 268 g/mol. The van der Waals surface area contributed by atoms with Crippen LogP contribution in [0.5, 0.6) is 5.75 Å². The van der Waals surface area contributed by atoms with Crippen molar-refractivity contribution in [3.63, 3.8) is 0 Å². The zero-order valence-electron chi connectivity index (χ0n) is 11.5. The number of likely N-dealkylation sites (N-methyl/N-ethyl adjacent to an activating group) is 1. The molecule has 0 spiro atoms. The predicted octanol–water partition coefficient (Wildman–Crippen LogP) is 0.669. The van der Waals surface area contributed by atoms with Crippen LogP contribution in [0.3, 0.4) is 0 Å². The molecule has 1 aromatic carbocycles. The molecule has 1 aromatic rings. The summed E-state index contributed by atoms with van der Waals surface area (Å²) in [5.41, 5.74) is 4.89. The van der Waals surface area contributed by atoms with E-state index in [4.69, 9.17) is 10.5 Å². The fourth-order valence-electron chi connectivity index (χ4n) is 1.70. The Bertz CT molecular complexity index is 549. The number of sulfonamides is 1. The van der Waals surface area contributed by atoms with E-state index in [-0.39, 0.29) is 17.2 Å². The van der Waals surface area contributed by atoms with Crippen LogP contribution < -0.4 is 10.5 Å². The van der Waals surface area contributed by atoms with Gasteiger partial charge in [0.05, 0.1) is 12.7 Å². The second-order valence-corrected chi connectivity index (χ2v) is 7.00. The molecule has 7 heteroatoms. The molecule has 0 heterocycles. The number of aliphatic hydroxyl groups is 1. The van der Waals surface area contributed by atoms with Crippen LogP contribution in [0.1, 0.15) is 13.8 Å². The summed E-state index contributed by atoms with van der Waals surface area (Å²) < 4.78 is 30.9. The maximum absolute atomic E-state index is 12.4. The van der Waals surface area contributed by atoms with Crippen molar-refractivity contribution in [2.75, 3.05) is 26.4 Å². The van der Waals surface area contributed by atoms with Gasteiger partial charge in [0.15, 0.2) is 0 Å². The molecule has 0 saturated heterocycles. The normalized spacial score (nSPS) is 12.7. The van der Waals surface area contributed by atoms with Crippen LogP contribution in [0.2, 0.25) is 0 Å². The van der Waals surface area contributed by atoms with E-state index < -0.39 is 15.6 Å². The number of hydrogen-bond donors (Lipinski definition) is 2. The average molecular weight is 288 g/mol. The minimum absolute atomic E-state index is 0.0240. The summed E-state index contributed by atoms with van der Waals surface area (Å²) in [4.78, 5) is 0.0240. The molecule has 0 aliphatic rings. The quantitative estimate of drug-likeness (QED) is 0.777. The molecule has 0 saturated carbocycles. The minimum Gasteiger partial charge on any atom is -0.495 e. The van der Waals surface area contributed by atoms with Gasteiger partial charge in [-0.05, 0) is 26.0 Å². The summed E-state index contributed by atoms with van der Waals surface area (Å²) in [6.07, 6.45) is 0. The third-order valence-electron chi connectivity index (χ3n) is 2.49. The number of benzene rings is 1. The van der Waals surface area contributed by atoms with Gasteiger partial charge >= 0.3 is 0 Å². The second kappa shape index (κ2) is 5.36. The Labute approximate surface area is 113 Å². The molecule has 3 N–H and O–H groups in total. The molecule has 0 unspecified atom stereocenters. The average Bonchev–Trinajstić information content (AvgIpc) is 2.26. The molecule has 0 atom stereocenters. The van der Waals surface area contributed by atoms with Gasteiger partial charge < -0.3 is 15.6 Å². The van der Waals surface area contributed by atoms with E-state index in [1.807, 2.05) is 0 Å². The molecule has 0 aliphatic heterocycles. The van der Waals surface area contributed by atoms with Gasteiger partial charge in [-0.15, -0.1) is 0 Å². The van der Waals surface area contributed by atoms with Crippen molar-refractivity contribution in [2.24, 2.45) is 0 Å². The summed E-state index contributed by atoms with van der Waals surface area (Å²) >= 11 is 0. The van der Waals surface area contributed by atoms with E-state index in [1.54, 1.807) is 13.8 Å². The number of methoxy groups -OCH3 is 1. The number of ether oxygens (including phenoxy) is 1. The van der Waals surface area contributed by atoms with Crippen LogP contribution in [0.25, 0.3) is 0 Å². The van der Waals surface area contributed by atoms with Crippen molar-refractivity contribution in [1.82, 2.24) is 4.31 Å². The monoisotopic (exact) mass is 288 g/mol. The number of anilines is 1. The van der Waals surface area contributed by atoms with Gasteiger partial charge in [-0.3, -0.25) is 0 Å². The fraction of sp³-hybridized carbons (Fsp3) is 0.500. The summed E-state index contributed by atoms with van der Waals surface area (Å²) in [5, 5.41) is 9.71. The van der Waals surface area contributed by atoms with Crippen LogP contribution in [-0.4, -0.2) is 44.1 Å². The highest BCUT2D eigenvalue weighted by atomic mass is 32.2. The Kier molecular flexibility index (Phi) is 4.44. The summed E-state index contributed by atoms with van der Waals surface area (Å²) in [6.45, 7) is 3.06. The Morgan fingerprint density at radius 1 is 1.42 bits per heavy atom. The molecule has 1 rings (SSSR count). The van der Waals surface area contributed by atoms with Crippen molar-refractivity contribution in [1.29, 1.82) is 0 Å². The number of nitrogens with two attached hydrogens (primary N) is 1. The molecule has 108 valence electrons. The number of nitrogens with zero attached hydrogens (tertiary/aromatic N) is 1. The fourth-order valence-corrected chi connectivity index (χ4v) is 3.15. The summed E-state index contributed by atoms with van der Waals surface area (Å²) in [7, 11) is -0.954. The smallest absolute Gasteiger partial charge is 0.246 e. The number of rotatable bonds is 5. The van der Waals surface area contributed by atoms with Crippen molar-refractivity contribution in [2.45, 2.75) is 24.3 Å². The van der Waals surface area contributed by atoms with Gasteiger partial charge in [0.25, 0.3) is 0 Å². The largest absolute Gasteiger partial charge is 0.495 e. The predicted molar refractivity (Wildman–Crippen MR) is 73.5 cm³/mol. The van der Waals surface area contributed by atoms with Crippen molar-refractivity contribution in [3.05, 3.63) is 18.2 Å². The highest BCUT2D eigenvalue weighted by molar-refractivity contribution is 7.89. The SMILES string of the molecule is COc1cc(N)ccc1S(=O)(=O)N(C)CC(C)(C)O. The molecule has 6 nitrogen and oxygen atoms in total. The zero-order valence-corrected chi connectivity index (χ0v) is 12.4. The van der Waals surface area contributed by atoms with Gasteiger partial charge in [0.1, 0.15) is 10.6 Å². The van der Waals surface area contributed by atoms with E-state index in [0.29, 0.717) is 5.69 Å². The van der Waals surface area contributed by atoms with Crippen molar-refractivity contribution >= 4 is 15.7 Å². The van der Waals surface area contributed by atoms with Crippen LogP contribution in [0.4, 0.5) is 5.69 Å². The summed E-state index contributed by atoms with van der Waals surface area (Å²) in [6, 6.07) is 4.34. The zero-order chi connectivity index (χ0) is 14.8. The van der Waals surface area contributed by atoms with Crippen LogP contribution >= 0.6 is 0 Å². The van der Waals surface area contributed by atoms with E-state index >= 15 is 0 Å². The van der Waals surface area contributed by atoms with Crippen molar-refractivity contribution < 1.29 is 18.3 Å². The molecule has 0 aromatic heterocycles. The van der Waals surface area contributed by atoms with Gasteiger partial charge in [0, 0.05) is 25.3 Å². The molecular formula is C12H20N2O4S. The highest BCUT2D eigenvalue weighted by Gasteiger charge is 2.28. The Balaban J connectivity index is 3.20. The van der Waals surface area contributed by atoms with Gasteiger partial charge in [-0.25, -0.2) is 8.42 Å². The standard InChI is InChI=1S/C12H20N2O4S/c1-12(2,15)8-14(3)19(16,17)11-6-5-9(13)7-10(11)18-4/h5-7,15H,8,13H2,1-4H3. The first-order valence-corrected chi connectivity index (χ1v) is 7.14. The molecule has 0 fully saturated rings. The van der Waals surface area contributed by atoms with Crippen LogP contribution in [0.15, 0.2) is 23.1 Å². The lowest BCUT2D eigenvalue weighted by molar-refractivity contribution is 0.0639. The molecule has 0 amide bonds. The van der Waals surface area contributed by atoms with Gasteiger partial charge in [-0.2, -0.15) is 4.31 Å². The third kappa shape index (κ3) is 3.82. The third-order valence-corrected chi connectivity index (χ3v) is 4.33. The lowest BCUT2D eigenvalue weighted by Crippen LogP contribution is -2.39. The first-order chi connectivity index (χ1) is 8.58. The Morgan fingerprint density at radius 3 is 2.47 bits per heavy atom. The first kappa shape index (κ1) is 15.7. The molecule has 19 heavy (non-hydrogen) atoms. The topological polar surface area (TPSA) is 92.9 Å². The molecule has 0 bridgehead atoms. The first-order valence-electron chi connectivity index (χ1n) is 5.70. The van der Waals surface area contributed by atoms with Gasteiger partial charge in [-0.1, -0.05) is 0 Å². The van der Waals surface area contributed by atoms with E-state index in [0.717, 1.165) is 4.31 Å². The maximum Gasteiger partial charge on any atom is 0.246 e. The highest BCUT2D eigenvalue weighted by Crippen LogP contribution is 2.28. The second-order valence-electron chi connectivity index (χ2n) is 4.98. The lowest BCUT2D eigenvalue weighted by Gasteiger charge is -2.25. The lowest BCUT2D eigenvalue weighted by atomic mass is 10.1. The van der Waals surface area contributed by atoms with Crippen LogP contribution in [0, 0.1) is 0 Å². The van der Waals surface area contributed by atoms with Crippen molar-refractivity contribution in [3.8, 4) is 5.75 Å². The van der Waals surface area contributed by atoms with Crippen LogP contribution in [-0.2, 0) is 10.0 Å². The number of hydrogen-bond acceptors (Lipinski definition) is 5. The molecule has 0 radical (unpaired) electrons. The molecule has 0 aliphatic carbocycles. The van der Waals surface area contributed by atoms with E-state index in [1.165, 1.54) is 32.4 Å². The minimum atomic E-state index is -3.74. The van der Waals surface area contributed by atoms with Gasteiger partial charge in [0.2, 0.25) is 10.0 Å². The Hall–Kier alpha value is -1.31. The van der Waals surface area contributed by atoms with E-state index in [9.17, 15) is 13.5 Å². The van der Waals surface area contributed by atoms with E-state index in [2.05, 4.69) is 0 Å². The summed E-state index contributed by atoms with van der Waals surface area (Å²) in [5.74, 6) is 0.183. The number of nitrogen functional groups attached to an aromatic ring is 1. The maximum atomic E-state index is 12.4. The Morgan fingerprint density at radius 2 is 2.00 bits per heavy atom.